The lowest BCUT2D eigenvalue weighted by Crippen LogP contribution is -2.26. The topological polar surface area (TPSA) is 83.4 Å². The molecule has 2 amide bonds. The van der Waals surface area contributed by atoms with Crippen LogP contribution >= 0.6 is 0 Å². The standard InChI is InChI=1S/C23H25N3O3/c1-2-15-11-13-17(14-12-15)25-23(28)26-21-20(24-16-7-3-4-8-16)18-9-5-6-10-19(18)29-22(21)27/h5-6,9-14,16,24H,2-4,7-8H2,1H3,(H2,25,26,28). The van der Waals surface area contributed by atoms with Crippen LogP contribution < -0.4 is 21.6 Å². The number of hydrogen-bond acceptors (Lipinski definition) is 4. The van der Waals surface area contributed by atoms with Crippen LogP contribution in [0.4, 0.5) is 21.9 Å². The molecule has 1 aliphatic carbocycles. The molecule has 1 aliphatic rings. The highest BCUT2D eigenvalue weighted by Gasteiger charge is 2.21. The van der Waals surface area contributed by atoms with Crippen LogP contribution in [-0.2, 0) is 6.42 Å². The number of urea groups is 1. The van der Waals surface area contributed by atoms with E-state index < -0.39 is 11.7 Å². The van der Waals surface area contributed by atoms with Gasteiger partial charge < -0.3 is 15.1 Å². The van der Waals surface area contributed by atoms with Crippen molar-refractivity contribution < 1.29 is 9.21 Å². The molecule has 0 radical (unpaired) electrons. The van der Waals surface area contributed by atoms with Crippen LogP contribution in [0.3, 0.4) is 0 Å². The molecule has 0 spiro atoms. The SMILES string of the molecule is CCc1ccc(NC(=O)Nc2c(NC3CCCC3)c3ccccc3oc2=O)cc1. The Morgan fingerprint density at radius 1 is 1.00 bits per heavy atom. The molecule has 1 aromatic heterocycles. The van der Waals surface area contributed by atoms with E-state index in [2.05, 4.69) is 22.9 Å². The van der Waals surface area contributed by atoms with E-state index in [-0.39, 0.29) is 11.7 Å². The minimum Gasteiger partial charge on any atom is -0.421 e. The molecule has 150 valence electrons. The van der Waals surface area contributed by atoms with Gasteiger partial charge in [0.05, 0.1) is 5.69 Å². The van der Waals surface area contributed by atoms with Crippen molar-refractivity contribution in [3.05, 3.63) is 64.5 Å². The monoisotopic (exact) mass is 391 g/mol. The van der Waals surface area contributed by atoms with Crippen LogP contribution in [0.15, 0.2) is 57.7 Å². The lowest BCUT2D eigenvalue weighted by Gasteiger charge is -2.18. The summed E-state index contributed by atoms with van der Waals surface area (Å²) >= 11 is 0. The minimum absolute atomic E-state index is 0.137. The second kappa shape index (κ2) is 8.39. The van der Waals surface area contributed by atoms with Crippen LogP contribution in [0.1, 0.15) is 38.2 Å². The van der Waals surface area contributed by atoms with Crippen LogP contribution in [0.25, 0.3) is 11.0 Å². The van der Waals surface area contributed by atoms with E-state index in [0.29, 0.717) is 17.0 Å². The fraction of sp³-hybridized carbons (Fsp3) is 0.304. The van der Waals surface area contributed by atoms with E-state index in [4.69, 9.17) is 4.42 Å². The highest BCUT2D eigenvalue weighted by molar-refractivity contribution is 6.05. The van der Waals surface area contributed by atoms with E-state index in [9.17, 15) is 9.59 Å². The van der Waals surface area contributed by atoms with Gasteiger partial charge in [-0.25, -0.2) is 9.59 Å². The van der Waals surface area contributed by atoms with Gasteiger partial charge in [0.15, 0.2) is 5.69 Å². The van der Waals surface area contributed by atoms with Crippen molar-refractivity contribution in [2.45, 2.75) is 45.1 Å². The molecule has 29 heavy (non-hydrogen) atoms. The van der Waals surface area contributed by atoms with Gasteiger partial charge in [-0.15, -0.1) is 0 Å². The summed E-state index contributed by atoms with van der Waals surface area (Å²) in [4.78, 5) is 25.2. The van der Waals surface area contributed by atoms with Gasteiger partial charge in [-0.3, -0.25) is 5.32 Å². The molecule has 0 atom stereocenters. The maximum atomic E-state index is 12.7. The van der Waals surface area contributed by atoms with Crippen molar-refractivity contribution in [1.29, 1.82) is 0 Å². The van der Waals surface area contributed by atoms with Crippen LogP contribution in [0, 0.1) is 0 Å². The van der Waals surface area contributed by atoms with Crippen LogP contribution in [0.5, 0.6) is 0 Å². The molecule has 1 saturated carbocycles. The van der Waals surface area contributed by atoms with Gasteiger partial charge in [0.2, 0.25) is 0 Å². The summed E-state index contributed by atoms with van der Waals surface area (Å²) in [6.07, 6.45) is 5.34. The molecule has 1 heterocycles. The van der Waals surface area contributed by atoms with Crippen molar-refractivity contribution >= 4 is 34.1 Å². The predicted octanol–water partition coefficient (Wildman–Crippen LogP) is 5.35. The Morgan fingerprint density at radius 2 is 1.72 bits per heavy atom. The summed E-state index contributed by atoms with van der Waals surface area (Å²) in [7, 11) is 0. The Balaban J connectivity index is 1.63. The number of rotatable bonds is 5. The van der Waals surface area contributed by atoms with Crippen molar-refractivity contribution in [3.8, 4) is 0 Å². The molecular weight excluding hydrogens is 366 g/mol. The first-order valence-corrected chi connectivity index (χ1v) is 10.1. The first-order valence-electron chi connectivity index (χ1n) is 10.1. The quantitative estimate of drug-likeness (QED) is 0.512. The molecule has 3 aromatic rings. The van der Waals surface area contributed by atoms with Gasteiger partial charge in [-0.05, 0) is 49.1 Å². The van der Waals surface area contributed by atoms with E-state index in [0.717, 1.165) is 37.5 Å². The predicted molar refractivity (Wildman–Crippen MR) is 117 cm³/mol. The molecular formula is C23H25N3O3. The first kappa shape index (κ1) is 19.1. The summed E-state index contributed by atoms with van der Waals surface area (Å²) < 4.78 is 5.44. The number of anilines is 3. The number of para-hydroxylation sites is 1. The molecule has 4 rings (SSSR count). The normalized spacial score (nSPS) is 14.1. The molecule has 0 saturated heterocycles. The first-order chi connectivity index (χ1) is 14.1. The third kappa shape index (κ3) is 4.26. The van der Waals surface area contributed by atoms with Gasteiger partial charge in [0.1, 0.15) is 5.58 Å². The van der Waals surface area contributed by atoms with E-state index in [1.165, 1.54) is 5.56 Å². The zero-order chi connectivity index (χ0) is 20.2. The van der Waals surface area contributed by atoms with Crippen LogP contribution in [-0.4, -0.2) is 12.1 Å². The third-order valence-electron chi connectivity index (χ3n) is 5.38. The molecule has 1 fully saturated rings. The molecule has 0 aliphatic heterocycles. The van der Waals surface area contributed by atoms with Gasteiger partial charge in [-0.2, -0.15) is 0 Å². The summed E-state index contributed by atoms with van der Waals surface area (Å²) in [5.41, 5.74) is 2.54. The average Bonchev–Trinajstić information content (AvgIpc) is 3.24. The number of carbonyl (C=O) groups excluding carboxylic acids is 1. The number of aryl methyl sites for hydroxylation is 1. The third-order valence-corrected chi connectivity index (χ3v) is 5.38. The summed E-state index contributed by atoms with van der Waals surface area (Å²) in [6.45, 7) is 2.08. The van der Waals surface area contributed by atoms with Crippen molar-refractivity contribution in [2.75, 3.05) is 16.0 Å². The summed E-state index contributed by atoms with van der Waals surface area (Å²) in [5.74, 6) is 0. The van der Waals surface area contributed by atoms with Crippen molar-refractivity contribution in [1.82, 2.24) is 0 Å². The van der Waals surface area contributed by atoms with Gasteiger partial charge >= 0.3 is 11.7 Å². The van der Waals surface area contributed by atoms with E-state index in [1.54, 1.807) is 6.07 Å². The Hall–Kier alpha value is -3.28. The largest absolute Gasteiger partial charge is 0.421 e. The van der Waals surface area contributed by atoms with Gasteiger partial charge in [0.25, 0.3) is 0 Å². The lowest BCUT2D eigenvalue weighted by molar-refractivity contribution is 0.262. The molecule has 3 N–H and O–H groups in total. The number of carbonyl (C=O) groups is 1. The highest BCUT2D eigenvalue weighted by Crippen LogP contribution is 2.32. The van der Waals surface area contributed by atoms with Crippen molar-refractivity contribution in [2.24, 2.45) is 0 Å². The highest BCUT2D eigenvalue weighted by atomic mass is 16.4. The maximum Gasteiger partial charge on any atom is 0.362 e. The zero-order valence-corrected chi connectivity index (χ0v) is 16.5. The Labute approximate surface area is 169 Å². The van der Waals surface area contributed by atoms with Gasteiger partial charge in [-0.1, -0.05) is 44.0 Å². The second-order valence-electron chi connectivity index (χ2n) is 7.39. The average molecular weight is 391 g/mol. The second-order valence-corrected chi connectivity index (χ2v) is 7.39. The molecule has 0 bridgehead atoms. The van der Waals surface area contributed by atoms with Crippen LogP contribution in [0.2, 0.25) is 0 Å². The zero-order valence-electron chi connectivity index (χ0n) is 16.5. The number of benzene rings is 2. The fourth-order valence-electron chi connectivity index (χ4n) is 3.79. The van der Waals surface area contributed by atoms with Gasteiger partial charge in [0, 0.05) is 17.1 Å². The van der Waals surface area contributed by atoms with Crippen molar-refractivity contribution in [3.63, 3.8) is 0 Å². The maximum absolute atomic E-state index is 12.7. The Morgan fingerprint density at radius 3 is 2.45 bits per heavy atom. The molecule has 6 nitrogen and oxygen atoms in total. The number of fused-ring (bicyclic) bond motifs is 1. The lowest BCUT2D eigenvalue weighted by atomic mass is 10.1. The Bertz CT molecular complexity index is 1070. The molecule has 2 aromatic carbocycles. The number of amides is 2. The minimum atomic E-state index is -0.569. The summed E-state index contributed by atoms with van der Waals surface area (Å²) in [6, 6.07) is 14.8. The molecule has 6 heteroatoms. The molecule has 0 unspecified atom stereocenters. The van der Waals surface area contributed by atoms with E-state index in [1.807, 2.05) is 42.5 Å². The fourth-order valence-corrected chi connectivity index (χ4v) is 3.79. The van der Waals surface area contributed by atoms with E-state index >= 15 is 0 Å². The summed E-state index contributed by atoms with van der Waals surface area (Å²) in [5, 5.41) is 9.74. The number of nitrogens with one attached hydrogen (secondary N) is 3. The Kier molecular flexibility index (Phi) is 5.51. The number of hydrogen-bond donors (Lipinski definition) is 3. The smallest absolute Gasteiger partial charge is 0.362 e.